The molecule has 2 N–H and O–H groups in total. The van der Waals surface area contributed by atoms with Crippen molar-refractivity contribution in [2.75, 3.05) is 16.6 Å². The second-order valence-electron chi connectivity index (χ2n) is 7.97. The first-order valence-electron chi connectivity index (χ1n) is 10.8. The van der Waals surface area contributed by atoms with Crippen LogP contribution in [-0.2, 0) is 19.6 Å². The SMILES string of the molecule is Cc1cc(C)nc(NS(=O)(=O)c2ccc(NC(=O)CN3C(=O)/C(=C/c4ccc(Cl)cc4)SC3=S)cc2)n1. The highest BCUT2D eigenvalue weighted by Gasteiger charge is 2.33. The van der Waals surface area contributed by atoms with E-state index < -0.39 is 15.9 Å². The van der Waals surface area contributed by atoms with Gasteiger partial charge in [0.1, 0.15) is 10.9 Å². The molecule has 190 valence electrons. The summed E-state index contributed by atoms with van der Waals surface area (Å²) in [6.45, 7) is 3.19. The number of carbonyl (C=O) groups excluding carboxylic acids is 2. The van der Waals surface area contributed by atoms with Gasteiger partial charge in [0.25, 0.3) is 15.9 Å². The molecule has 1 aliphatic heterocycles. The van der Waals surface area contributed by atoms with Crippen molar-refractivity contribution in [3.8, 4) is 0 Å². The molecule has 0 bridgehead atoms. The molecule has 0 saturated carbocycles. The fourth-order valence-electron chi connectivity index (χ4n) is 3.36. The van der Waals surface area contributed by atoms with Crippen molar-refractivity contribution in [2.45, 2.75) is 18.7 Å². The van der Waals surface area contributed by atoms with Gasteiger partial charge in [-0.25, -0.2) is 23.1 Å². The molecule has 37 heavy (non-hydrogen) atoms. The molecule has 0 unspecified atom stereocenters. The molecular formula is C24H20ClN5O4S3. The number of thioether (sulfide) groups is 1. The molecule has 2 aromatic carbocycles. The largest absolute Gasteiger partial charge is 0.325 e. The zero-order valence-electron chi connectivity index (χ0n) is 19.6. The van der Waals surface area contributed by atoms with Gasteiger partial charge < -0.3 is 5.32 Å². The van der Waals surface area contributed by atoms with E-state index in [1.165, 1.54) is 29.2 Å². The van der Waals surface area contributed by atoms with Crippen LogP contribution in [0, 0.1) is 13.8 Å². The van der Waals surface area contributed by atoms with Crippen LogP contribution in [0.3, 0.4) is 0 Å². The van der Waals surface area contributed by atoms with Gasteiger partial charge in [0.2, 0.25) is 11.9 Å². The normalized spacial score (nSPS) is 14.8. The molecule has 2 heterocycles. The summed E-state index contributed by atoms with van der Waals surface area (Å²) in [5.41, 5.74) is 2.40. The number of anilines is 2. The maximum absolute atomic E-state index is 12.8. The second-order valence-corrected chi connectivity index (χ2v) is 11.8. The number of nitrogens with one attached hydrogen (secondary N) is 2. The summed E-state index contributed by atoms with van der Waals surface area (Å²) in [5.74, 6) is -0.883. The standard InChI is InChI=1S/C24H20ClN5O4S3/c1-14-11-15(2)27-23(26-14)29-37(33,34)19-9-7-18(8-10-19)28-21(31)13-30-22(32)20(36-24(30)35)12-16-3-5-17(25)6-4-16/h3-12H,13H2,1-2H3,(H,28,31)(H,26,27,29)/b20-12-. The fourth-order valence-corrected chi connectivity index (χ4v) is 5.68. The number of nitrogens with zero attached hydrogens (tertiary/aromatic N) is 3. The molecule has 0 aliphatic carbocycles. The lowest BCUT2D eigenvalue weighted by atomic mass is 10.2. The fraction of sp³-hybridized carbons (Fsp3) is 0.125. The molecule has 1 fully saturated rings. The van der Waals surface area contributed by atoms with Gasteiger partial charge in [-0.2, -0.15) is 0 Å². The van der Waals surface area contributed by atoms with Gasteiger partial charge in [0.05, 0.1) is 9.80 Å². The van der Waals surface area contributed by atoms with E-state index in [4.69, 9.17) is 23.8 Å². The molecule has 3 aromatic rings. The smallest absolute Gasteiger partial charge is 0.266 e. The van der Waals surface area contributed by atoms with Crippen molar-refractivity contribution in [3.05, 3.63) is 81.5 Å². The Kier molecular flexibility index (Phi) is 7.93. The van der Waals surface area contributed by atoms with E-state index in [0.717, 1.165) is 17.3 Å². The molecule has 0 radical (unpaired) electrons. The van der Waals surface area contributed by atoms with Gasteiger partial charge in [-0.15, -0.1) is 0 Å². The van der Waals surface area contributed by atoms with E-state index >= 15 is 0 Å². The number of aromatic nitrogens is 2. The highest BCUT2D eigenvalue weighted by atomic mass is 35.5. The summed E-state index contributed by atoms with van der Waals surface area (Å²) in [7, 11) is -3.93. The predicted molar refractivity (Wildman–Crippen MR) is 149 cm³/mol. The Balaban J connectivity index is 1.39. The summed E-state index contributed by atoms with van der Waals surface area (Å²) in [6, 6.07) is 14.3. The van der Waals surface area contributed by atoms with Crippen molar-refractivity contribution in [1.82, 2.24) is 14.9 Å². The van der Waals surface area contributed by atoms with Gasteiger partial charge in [-0.05, 0) is 68.0 Å². The molecule has 1 aliphatic rings. The van der Waals surface area contributed by atoms with Crippen LogP contribution < -0.4 is 10.0 Å². The summed E-state index contributed by atoms with van der Waals surface area (Å²) < 4.78 is 28.0. The third-order valence-electron chi connectivity index (χ3n) is 5.00. The van der Waals surface area contributed by atoms with Crippen molar-refractivity contribution in [1.29, 1.82) is 0 Å². The number of aryl methyl sites for hydroxylation is 2. The van der Waals surface area contributed by atoms with Crippen LogP contribution in [0.2, 0.25) is 5.02 Å². The number of halogens is 1. The van der Waals surface area contributed by atoms with E-state index in [2.05, 4.69) is 20.0 Å². The van der Waals surface area contributed by atoms with Gasteiger partial charge in [-0.1, -0.05) is 47.7 Å². The van der Waals surface area contributed by atoms with Crippen molar-refractivity contribution >= 4 is 79.5 Å². The van der Waals surface area contributed by atoms with E-state index in [1.807, 2.05) is 0 Å². The minimum absolute atomic E-state index is 0.0246. The zero-order valence-corrected chi connectivity index (χ0v) is 22.8. The first kappa shape index (κ1) is 26.7. The highest BCUT2D eigenvalue weighted by molar-refractivity contribution is 8.26. The van der Waals surface area contributed by atoms with Crippen LogP contribution in [0.4, 0.5) is 11.6 Å². The molecule has 9 nitrogen and oxygen atoms in total. The maximum Gasteiger partial charge on any atom is 0.266 e. The number of sulfonamides is 1. The Morgan fingerprint density at radius 1 is 1.08 bits per heavy atom. The number of hydrogen-bond acceptors (Lipinski definition) is 8. The molecular weight excluding hydrogens is 554 g/mol. The molecule has 2 amide bonds. The Morgan fingerprint density at radius 3 is 2.32 bits per heavy atom. The average Bonchev–Trinajstić information content (AvgIpc) is 3.07. The lowest BCUT2D eigenvalue weighted by Crippen LogP contribution is -2.36. The van der Waals surface area contributed by atoms with E-state index in [-0.39, 0.29) is 27.6 Å². The van der Waals surface area contributed by atoms with Gasteiger partial charge in [-0.3, -0.25) is 14.5 Å². The lowest BCUT2D eigenvalue weighted by molar-refractivity contribution is -0.126. The first-order chi connectivity index (χ1) is 17.5. The van der Waals surface area contributed by atoms with Crippen LogP contribution in [-0.4, -0.2) is 46.0 Å². The number of benzene rings is 2. The predicted octanol–water partition coefficient (Wildman–Crippen LogP) is 4.39. The summed E-state index contributed by atoms with van der Waals surface area (Å²) in [5, 5.41) is 3.23. The lowest BCUT2D eigenvalue weighted by Gasteiger charge is -2.14. The van der Waals surface area contributed by atoms with Gasteiger partial charge >= 0.3 is 0 Å². The van der Waals surface area contributed by atoms with Crippen LogP contribution in [0.15, 0.2) is 64.4 Å². The van der Waals surface area contributed by atoms with Gasteiger partial charge in [0.15, 0.2) is 0 Å². The number of rotatable bonds is 7. The summed E-state index contributed by atoms with van der Waals surface area (Å²) >= 11 is 12.3. The van der Waals surface area contributed by atoms with Crippen LogP contribution in [0.5, 0.6) is 0 Å². The monoisotopic (exact) mass is 573 g/mol. The Labute approximate surface area is 228 Å². The van der Waals surface area contributed by atoms with Crippen molar-refractivity contribution in [3.63, 3.8) is 0 Å². The molecule has 0 atom stereocenters. The number of carbonyl (C=O) groups is 2. The minimum Gasteiger partial charge on any atom is -0.325 e. The molecule has 1 aromatic heterocycles. The Morgan fingerprint density at radius 2 is 1.70 bits per heavy atom. The highest BCUT2D eigenvalue weighted by Crippen LogP contribution is 2.32. The average molecular weight is 574 g/mol. The Bertz CT molecular complexity index is 1500. The van der Waals surface area contributed by atoms with E-state index in [0.29, 0.717) is 27.0 Å². The van der Waals surface area contributed by atoms with Gasteiger partial charge in [0, 0.05) is 22.1 Å². The van der Waals surface area contributed by atoms with E-state index in [9.17, 15) is 18.0 Å². The molecule has 1 saturated heterocycles. The summed E-state index contributed by atoms with van der Waals surface area (Å²) in [6.07, 6.45) is 1.68. The topological polar surface area (TPSA) is 121 Å². The third kappa shape index (κ3) is 6.72. The second kappa shape index (κ2) is 11.0. The quantitative estimate of drug-likeness (QED) is 0.315. The molecule has 13 heteroatoms. The maximum atomic E-state index is 12.8. The Hall–Kier alpha value is -3.32. The van der Waals surface area contributed by atoms with Crippen molar-refractivity contribution < 1.29 is 18.0 Å². The van der Waals surface area contributed by atoms with Crippen LogP contribution in [0.25, 0.3) is 6.08 Å². The zero-order chi connectivity index (χ0) is 26.7. The summed E-state index contributed by atoms with van der Waals surface area (Å²) in [4.78, 5) is 35.1. The van der Waals surface area contributed by atoms with Crippen LogP contribution >= 0.6 is 35.6 Å². The van der Waals surface area contributed by atoms with E-state index in [1.54, 1.807) is 50.3 Å². The number of hydrogen-bond donors (Lipinski definition) is 2. The molecule has 4 rings (SSSR count). The third-order valence-corrected chi connectivity index (χ3v) is 7.97. The first-order valence-corrected chi connectivity index (χ1v) is 13.8. The minimum atomic E-state index is -3.93. The van der Waals surface area contributed by atoms with Crippen LogP contribution in [0.1, 0.15) is 17.0 Å². The number of amides is 2. The molecule has 0 spiro atoms. The number of thiocarbonyl (C=S) groups is 1. The van der Waals surface area contributed by atoms with Crippen molar-refractivity contribution in [2.24, 2.45) is 0 Å².